The zero-order valence-electron chi connectivity index (χ0n) is 9.98. The maximum Gasteiger partial charge on any atom is 0.336 e. The second-order valence-corrected chi connectivity index (χ2v) is 3.77. The highest BCUT2D eigenvalue weighted by Crippen LogP contribution is 2.08. The number of terminal acetylenes is 1. The molecule has 0 heterocycles. The van der Waals surface area contributed by atoms with Crippen molar-refractivity contribution >= 4 is 11.9 Å². The first-order chi connectivity index (χ1) is 8.66. The lowest BCUT2D eigenvalue weighted by molar-refractivity contribution is 0.0691. The Balaban J connectivity index is 2.57. The molecule has 0 spiro atoms. The molecule has 1 rings (SSSR count). The molecule has 0 unspecified atom stereocenters. The van der Waals surface area contributed by atoms with E-state index in [9.17, 15) is 9.59 Å². The van der Waals surface area contributed by atoms with Crippen LogP contribution in [0, 0.1) is 12.3 Å². The molecule has 0 atom stereocenters. The van der Waals surface area contributed by atoms with Crippen LogP contribution in [0.2, 0.25) is 0 Å². The highest BCUT2D eigenvalue weighted by Gasteiger charge is 2.14. The number of nitrogens with one attached hydrogen (secondary N) is 1. The molecule has 0 aliphatic carbocycles. The largest absolute Gasteiger partial charge is 0.478 e. The zero-order valence-corrected chi connectivity index (χ0v) is 9.98. The van der Waals surface area contributed by atoms with Gasteiger partial charge in [0.2, 0.25) is 0 Å². The Morgan fingerprint density at radius 3 is 2.50 bits per heavy atom. The van der Waals surface area contributed by atoms with Crippen molar-refractivity contribution in [2.75, 3.05) is 6.54 Å². The summed E-state index contributed by atoms with van der Waals surface area (Å²) in [5.74, 6) is 1.05. The average Bonchev–Trinajstić information content (AvgIpc) is 2.38. The van der Waals surface area contributed by atoms with E-state index < -0.39 is 5.97 Å². The van der Waals surface area contributed by atoms with Crippen LogP contribution in [-0.4, -0.2) is 23.5 Å². The number of unbranched alkanes of at least 4 members (excludes halogenated alkanes) is 2. The maximum atomic E-state index is 11.8. The van der Waals surface area contributed by atoms with Crippen LogP contribution in [0.3, 0.4) is 0 Å². The fourth-order valence-electron chi connectivity index (χ4n) is 1.52. The molecule has 0 fully saturated rings. The van der Waals surface area contributed by atoms with E-state index in [0.29, 0.717) is 13.0 Å². The number of rotatable bonds is 6. The van der Waals surface area contributed by atoms with Crippen LogP contribution >= 0.6 is 0 Å². The summed E-state index contributed by atoms with van der Waals surface area (Å²) in [5, 5.41) is 11.6. The molecular formula is C14H15NO3. The van der Waals surface area contributed by atoms with Gasteiger partial charge in [0.25, 0.3) is 5.91 Å². The van der Waals surface area contributed by atoms with Gasteiger partial charge in [-0.3, -0.25) is 4.79 Å². The van der Waals surface area contributed by atoms with Crippen LogP contribution in [0.1, 0.15) is 40.0 Å². The van der Waals surface area contributed by atoms with Crippen LogP contribution in [0.15, 0.2) is 24.3 Å². The molecule has 0 radical (unpaired) electrons. The molecule has 0 aliphatic heterocycles. The Bertz CT molecular complexity index is 474. The molecular weight excluding hydrogens is 230 g/mol. The summed E-state index contributed by atoms with van der Waals surface area (Å²) in [7, 11) is 0. The highest BCUT2D eigenvalue weighted by molar-refractivity contribution is 6.04. The standard InChI is InChI=1S/C14H15NO3/c1-2-3-4-7-10-15-13(16)11-8-5-6-9-12(11)14(17)18/h1,5-6,8-9H,3-4,7,10H2,(H,15,16)(H,17,18). The molecule has 4 nitrogen and oxygen atoms in total. The van der Waals surface area contributed by atoms with Crippen LogP contribution < -0.4 is 5.32 Å². The first-order valence-electron chi connectivity index (χ1n) is 5.70. The van der Waals surface area contributed by atoms with E-state index in [2.05, 4.69) is 11.2 Å². The van der Waals surface area contributed by atoms with Crippen molar-refractivity contribution in [3.8, 4) is 12.3 Å². The van der Waals surface area contributed by atoms with Crippen molar-refractivity contribution < 1.29 is 14.7 Å². The Morgan fingerprint density at radius 1 is 1.22 bits per heavy atom. The van der Waals surface area contributed by atoms with Gasteiger partial charge in [-0.2, -0.15) is 0 Å². The van der Waals surface area contributed by atoms with Crippen molar-refractivity contribution in [3.63, 3.8) is 0 Å². The summed E-state index contributed by atoms with van der Waals surface area (Å²) >= 11 is 0. The molecule has 1 aromatic rings. The van der Waals surface area contributed by atoms with Gasteiger partial charge in [0.05, 0.1) is 11.1 Å². The predicted molar refractivity (Wildman–Crippen MR) is 68.4 cm³/mol. The van der Waals surface area contributed by atoms with Gasteiger partial charge in [-0.25, -0.2) is 4.79 Å². The van der Waals surface area contributed by atoms with Crippen LogP contribution in [0.5, 0.6) is 0 Å². The topological polar surface area (TPSA) is 66.4 Å². The number of hydrogen-bond acceptors (Lipinski definition) is 2. The Kier molecular flexibility index (Phi) is 5.46. The third-order valence-electron chi connectivity index (χ3n) is 2.44. The highest BCUT2D eigenvalue weighted by atomic mass is 16.4. The second-order valence-electron chi connectivity index (χ2n) is 3.77. The molecule has 1 amide bonds. The molecule has 0 bridgehead atoms. The van der Waals surface area contributed by atoms with Gasteiger partial charge < -0.3 is 10.4 Å². The molecule has 0 saturated heterocycles. The maximum absolute atomic E-state index is 11.8. The number of carboxylic acids is 1. The van der Waals surface area contributed by atoms with E-state index in [0.717, 1.165) is 12.8 Å². The number of aromatic carboxylic acids is 1. The third-order valence-corrected chi connectivity index (χ3v) is 2.44. The minimum Gasteiger partial charge on any atom is -0.478 e. The van der Waals surface area contributed by atoms with Gasteiger partial charge in [0.15, 0.2) is 0 Å². The molecule has 0 aromatic heterocycles. The molecule has 0 saturated carbocycles. The summed E-state index contributed by atoms with van der Waals surface area (Å²) in [6.07, 6.45) is 7.42. The van der Waals surface area contributed by atoms with Crippen LogP contribution in [-0.2, 0) is 0 Å². The van der Waals surface area contributed by atoms with E-state index in [-0.39, 0.29) is 17.0 Å². The predicted octanol–water partition coefficient (Wildman–Crippen LogP) is 1.92. The number of benzene rings is 1. The Morgan fingerprint density at radius 2 is 1.89 bits per heavy atom. The van der Waals surface area contributed by atoms with Crippen molar-refractivity contribution in [3.05, 3.63) is 35.4 Å². The Hall–Kier alpha value is -2.28. The third kappa shape index (κ3) is 3.95. The number of carbonyl (C=O) groups is 2. The number of carbonyl (C=O) groups excluding carboxylic acids is 1. The van der Waals surface area contributed by atoms with Gasteiger partial charge in [-0.05, 0) is 25.0 Å². The first kappa shape index (κ1) is 13.8. The van der Waals surface area contributed by atoms with Gasteiger partial charge >= 0.3 is 5.97 Å². The van der Waals surface area contributed by atoms with E-state index >= 15 is 0 Å². The van der Waals surface area contributed by atoms with E-state index in [1.807, 2.05) is 0 Å². The molecule has 94 valence electrons. The number of hydrogen-bond donors (Lipinski definition) is 2. The smallest absolute Gasteiger partial charge is 0.336 e. The lowest BCUT2D eigenvalue weighted by Crippen LogP contribution is -2.26. The van der Waals surface area contributed by atoms with Crippen molar-refractivity contribution in [2.45, 2.75) is 19.3 Å². The normalized spacial score (nSPS) is 9.50. The van der Waals surface area contributed by atoms with E-state index in [1.165, 1.54) is 12.1 Å². The van der Waals surface area contributed by atoms with Crippen molar-refractivity contribution in [1.29, 1.82) is 0 Å². The minimum absolute atomic E-state index is 0.0126. The molecule has 0 aliphatic rings. The molecule has 4 heteroatoms. The van der Waals surface area contributed by atoms with Crippen LogP contribution in [0.4, 0.5) is 0 Å². The number of amides is 1. The average molecular weight is 245 g/mol. The summed E-state index contributed by atoms with van der Waals surface area (Å²) in [6.45, 7) is 0.495. The summed E-state index contributed by atoms with van der Waals surface area (Å²) < 4.78 is 0. The molecule has 1 aromatic carbocycles. The van der Waals surface area contributed by atoms with E-state index in [4.69, 9.17) is 11.5 Å². The minimum atomic E-state index is -1.10. The number of carboxylic acid groups (broad SMARTS) is 1. The van der Waals surface area contributed by atoms with Crippen molar-refractivity contribution in [2.24, 2.45) is 0 Å². The first-order valence-corrected chi connectivity index (χ1v) is 5.70. The van der Waals surface area contributed by atoms with E-state index in [1.54, 1.807) is 12.1 Å². The summed E-state index contributed by atoms with van der Waals surface area (Å²) in [5.41, 5.74) is 0.195. The van der Waals surface area contributed by atoms with Gasteiger partial charge in [0.1, 0.15) is 0 Å². The van der Waals surface area contributed by atoms with Gasteiger partial charge in [0, 0.05) is 13.0 Å². The van der Waals surface area contributed by atoms with Gasteiger partial charge in [-0.15, -0.1) is 12.3 Å². The molecule has 18 heavy (non-hydrogen) atoms. The van der Waals surface area contributed by atoms with Crippen LogP contribution in [0.25, 0.3) is 0 Å². The molecule has 2 N–H and O–H groups in total. The Labute approximate surface area is 106 Å². The van der Waals surface area contributed by atoms with Crippen molar-refractivity contribution in [1.82, 2.24) is 5.32 Å². The SMILES string of the molecule is C#CCCCCNC(=O)c1ccccc1C(=O)O. The summed E-state index contributed by atoms with van der Waals surface area (Å²) in [4.78, 5) is 22.7. The quantitative estimate of drug-likeness (QED) is 0.594. The second kappa shape index (κ2) is 7.13. The fraction of sp³-hybridized carbons (Fsp3) is 0.286. The lowest BCUT2D eigenvalue weighted by Gasteiger charge is -2.07. The zero-order chi connectivity index (χ0) is 13.4. The summed E-state index contributed by atoms with van der Waals surface area (Å²) in [6, 6.07) is 6.14. The monoisotopic (exact) mass is 245 g/mol. The fourth-order valence-corrected chi connectivity index (χ4v) is 1.52. The lowest BCUT2D eigenvalue weighted by atomic mass is 10.1. The van der Waals surface area contributed by atoms with Gasteiger partial charge in [-0.1, -0.05) is 12.1 Å².